The first kappa shape index (κ1) is 29.6. The van der Waals surface area contributed by atoms with Gasteiger partial charge in [0.1, 0.15) is 5.54 Å². The van der Waals surface area contributed by atoms with Crippen LogP contribution in [0.2, 0.25) is 0 Å². The molecule has 0 aliphatic carbocycles. The van der Waals surface area contributed by atoms with E-state index in [0.717, 1.165) is 21.3 Å². The van der Waals surface area contributed by atoms with E-state index >= 15 is 0 Å². The molecule has 4 aromatic rings. The molecule has 8 nitrogen and oxygen atoms in total. The van der Waals surface area contributed by atoms with Gasteiger partial charge in [-0.25, -0.2) is 4.98 Å². The molecule has 14 heteroatoms. The number of hydrogen-bond donors (Lipinski definition) is 3. The molecule has 0 saturated heterocycles. The minimum atomic E-state index is -4.92. The highest BCUT2D eigenvalue weighted by Crippen LogP contribution is 2.44. The highest BCUT2D eigenvalue weighted by molar-refractivity contribution is 7.99. The summed E-state index contributed by atoms with van der Waals surface area (Å²) in [6.07, 6.45) is -8.88. The van der Waals surface area contributed by atoms with Gasteiger partial charge in [-0.05, 0) is 47.7 Å². The van der Waals surface area contributed by atoms with Gasteiger partial charge in [0.15, 0.2) is 11.5 Å². The van der Waals surface area contributed by atoms with Crippen LogP contribution in [0.5, 0.6) is 11.5 Å². The zero-order chi connectivity index (χ0) is 30.3. The molecule has 0 spiro atoms. The summed E-state index contributed by atoms with van der Waals surface area (Å²) in [7, 11) is 0. The number of amides is 1. The lowest BCUT2D eigenvalue weighted by Crippen LogP contribution is -2.51. The third kappa shape index (κ3) is 5.61. The Hall–Kier alpha value is -3.88. The zero-order valence-electron chi connectivity index (χ0n) is 21.9. The smallest absolute Gasteiger partial charge is 0.395 e. The number of aliphatic hydroxyl groups is 2. The van der Waals surface area contributed by atoms with Crippen molar-refractivity contribution in [2.45, 2.75) is 36.4 Å². The third-order valence-electron chi connectivity index (χ3n) is 6.71. The average Bonchev–Trinajstić information content (AvgIpc) is 3.48. The SMILES string of the molecule is CCSc1ccc(C(CO)(CO)NC(=O)c2ccc3c(c2)nc(C(F)(F)F)n3Cc2cccc3c2OC(F)(F)O3)cc1. The Morgan fingerprint density at radius 2 is 1.76 bits per heavy atom. The predicted molar refractivity (Wildman–Crippen MR) is 143 cm³/mol. The lowest BCUT2D eigenvalue weighted by atomic mass is 9.91. The summed E-state index contributed by atoms with van der Waals surface area (Å²) in [4.78, 5) is 17.9. The zero-order valence-corrected chi connectivity index (χ0v) is 22.7. The van der Waals surface area contributed by atoms with Crippen LogP contribution in [-0.4, -0.2) is 50.9 Å². The van der Waals surface area contributed by atoms with Gasteiger partial charge < -0.3 is 29.6 Å². The molecule has 0 bridgehead atoms. The number of nitrogens with zero attached hydrogens (tertiary/aromatic N) is 2. The van der Waals surface area contributed by atoms with Crippen LogP contribution in [0.3, 0.4) is 0 Å². The van der Waals surface area contributed by atoms with Crippen LogP contribution in [0.15, 0.2) is 65.6 Å². The van der Waals surface area contributed by atoms with Gasteiger partial charge in [0, 0.05) is 16.0 Å². The number of alkyl halides is 5. The number of halogens is 5. The van der Waals surface area contributed by atoms with Gasteiger partial charge in [-0.3, -0.25) is 4.79 Å². The minimum Gasteiger partial charge on any atom is -0.395 e. The number of aromatic nitrogens is 2. The van der Waals surface area contributed by atoms with Crippen LogP contribution in [0.4, 0.5) is 22.0 Å². The van der Waals surface area contributed by atoms with Crippen molar-refractivity contribution in [1.82, 2.24) is 14.9 Å². The van der Waals surface area contributed by atoms with E-state index in [2.05, 4.69) is 19.8 Å². The number of thioether (sulfide) groups is 1. The second-order valence-corrected chi connectivity index (χ2v) is 10.8. The second kappa shape index (κ2) is 11.1. The minimum absolute atomic E-state index is 0.00433. The molecule has 2 heterocycles. The third-order valence-corrected chi connectivity index (χ3v) is 7.61. The highest BCUT2D eigenvalue weighted by Gasteiger charge is 2.45. The standard InChI is InChI=1S/C28H24F5N3O5S/c1-2-42-19-9-7-18(8-10-19)26(14-37,15-38)35-24(39)16-6-11-21-20(12-16)34-25(27(29,30)31)36(21)13-17-4-3-5-22-23(17)41-28(32,33)40-22/h3-12,37-38H,2,13-15H2,1H3,(H,35,39). The fourth-order valence-corrected chi connectivity index (χ4v) is 5.34. The first-order valence-corrected chi connectivity index (χ1v) is 13.6. The largest absolute Gasteiger partial charge is 0.586 e. The van der Waals surface area contributed by atoms with E-state index in [1.165, 1.54) is 30.3 Å². The molecular formula is C28H24F5N3O5S. The maximum atomic E-state index is 14.0. The number of nitrogens with one attached hydrogen (secondary N) is 1. The Balaban J connectivity index is 1.48. The maximum Gasteiger partial charge on any atom is 0.586 e. The van der Waals surface area contributed by atoms with E-state index in [-0.39, 0.29) is 33.7 Å². The number of ether oxygens (including phenoxy) is 2. The van der Waals surface area contributed by atoms with Crippen LogP contribution >= 0.6 is 11.8 Å². The number of carbonyl (C=O) groups is 1. The van der Waals surface area contributed by atoms with Crippen LogP contribution in [0, 0.1) is 0 Å². The van der Waals surface area contributed by atoms with Crippen molar-refractivity contribution in [3.63, 3.8) is 0 Å². The van der Waals surface area contributed by atoms with E-state index < -0.39 is 49.5 Å². The second-order valence-electron chi connectivity index (χ2n) is 9.44. The molecule has 3 aromatic carbocycles. The van der Waals surface area contributed by atoms with Gasteiger partial charge in [-0.1, -0.05) is 31.2 Å². The van der Waals surface area contributed by atoms with E-state index in [1.807, 2.05) is 6.92 Å². The monoisotopic (exact) mass is 609 g/mol. The van der Waals surface area contributed by atoms with Crippen molar-refractivity contribution in [2.24, 2.45) is 0 Å². The Morgan fingerprint density at radius 3 is 2.40 bits per heavy atom. The van der Waals surface area contributed by atoms with Crippen molar-refractivity contribution in [2.75, 3.05) is 19.0 Å². The van der Waals surface area contributed by atoms with E-state index in [9.17, 15) is 37.0 Å². The summed E-state index contributed by atoms with van der Waals surface area (Å²) in [6, 6.07) is 14.4. The summed E-state index contributed by atoms with van der Waals surface area (Å²) in [5, 5.41) is 22.9. The Bertz CT molecular complexity index is 1620. The van der Waals surface area contributed by atoms with Crippen molar-refractivity contribution in [3.8, 4) is 11.5 Å². The fraction of sp³-hybridized carbons (Fsp3) is 0.286. The van der Waals surface area contributed by atoms with E-state index in [4.69, 9.17) is 0 Å². The number of hydrogen-bond acceptors (Lipinski definition) is 7. The van der Waals surface area contributed by atoms with Gasteiger partial charge in [0.25, 0.3) is 5.91 Å². The lowest BCUT2D eigenvalue weighted by molar-refractivity contribution is -0.287. The highest BCUT2D eigenvalue weighted by atomic mass is 32.2. The average molecular weight is 610 g/mol. The number of fused-ring (bicyclic) bond motifs is 2. The number of carbonyl (C=O) groups excluding carboxylic acids is 1. The molecule has 0 unspecified atom stereocenters. The van der Waals surface area contributed by atoms with Crippen LogP contribution < -0.4 is 14.8 Å². The van der Waals surface area contributed by atoms with Gasteiger partial charge in [-0.15, -0.1) is 20.5 Å². The molecule has 0 atom stereocenters. The van der Waals surface area contributed by atoms with Crippen molar-refractivity contribution in [3.05, 3.63) is 83.2 Å². The summed E-state index contributed by atoms with van der Waals surface area (Å²) < 4.78 is 79.1. The quantitative estimate of drug-likeness (QED) is 0.178. The molecule has 0 fully saturated rings. The molecule has 1 aliphatic rings. The summed E-state index contributed by atoms with van der Waals surface area (Å²) in [6.45, 7) is 0.137. The van der Waals surface area contributed by atoms with Gasteiger partial charge in [0.05, 0.1) is 30.8 Å². The number of rotatable bonds is 9. The van der Waals surface area contributed by atoms with Crippen LogP contribution in [-0.2, 0) is 18.3 Å². The van der Waals surface area contributed by atoms with Crippen LogP contribution in [0.25, 0.3) is 11.0 Å². The molecule has 3 N–H and O–H groups in total. The molecule has 0 saturated carbocycles. The summed E-state index contributed by atoms with van der Waals surface area (Å²) >= 11 is 1.58. The Kier molecular flexibility index (Phi) is 7.81. The van der Waals surface area contributed by atoms with Crippen molar-refractivity contribution in [1.29, 1.82) is 0 Å². The summed E-state index contributed by atoms with van der Waals surface area (Å²) in [5.74, 6) is -1.96. The number of benzene rings is 3. The molecule has 0 radical (unpaired) electrons. The van der Waals surface area contributed by atoms with Crippen LogP contribution in [0.1, 0.15) is 34.2 Å². The molecule has 1 aromatic heterocycles. The molecule has 5 rings (SSSR count). The molecular weight excluding hydrogens is 585 g/mol. The maximum absolute atomic E-state index is 14.0. The van der Waals surface area contributed by atoms with Crippen molar-refractivity contribution >= 4 is 28.7 Å². The topological polar surface area (TPSA) is 106 Å². The lowest BCUT2D eigenvalue weighted by Gasteiger charge is -2.31. The fourth-order valence-electron chi connectivity index (χ4n) is 4.68. The number of aliphatic hydroxyl groups excluding tert-OH is 2. The van der Waals surface area contributed by atoms with Gasteiger partial charge in [-0.2, -0.15) is 13.2 Å². The normalized spacial score (nSPS) is 14.4. The summed E-state index contributed by atoms with van der Waals surface area (Å²) in [5.41, 5.74) is -1.45. The molecule has 1 aliphatic heterocycles. The Labute approximate surface area is 240 Å². The first-order chi connectivity index (χ1) is 19.9. The number of para-hydroxylation sites is 1. The van der Waals surface area contributed by atoms with Gasteiger partial charge >= 0.3 is 12.5 Å². The van der Waals surface area contributed by atoms with Crippen molar-refractivity contribution < 1.29 is 46.4 Å². The molecule has 222 valence electrons. The van der Waals surface area contributed by atoms with Gasteiger partial charge in [0.2, 0.25) is 5.82 Å². The number of imidazole rings is 1. The first-order valence-electron chi connectivity index (χ1n) is 12.6. The Morgan fingerprint density at radius 1 is 1.05 bits per heavy atom. The van der Waals surface area contributed by atoms with E-state index in [0.29, 0.717) is 5.56 Å². The molecule has 42 heavy (non-hydrogen) atoms. The van der Waals surface area contributed by atoms with E-state index in [1.54, 1.807) is 36.0 Å². The predicted octanol–water partition coefficient (Wildman–Crippen LogP) is 5.15. The molecule has 1 amide bonds.